The summed E-state index contributed by atoms with van der Waals surface area (Å²) in [6.07, 6.45) is 1.87. The highest BCUT2D eigenvalue weighted by Crippen LogP contribution is 2.19. The summed E-state index contributed by atoms with van der Waals surface area (Å²) in [6, 6.07) is 4.72. The van der Waals surface area contributed by atoms with Crippen molar-refractivity contribution in [3.63, 3.8) is 0 Å². The molecule has 7 heteroatoms. The largest absolute Gasteiger partial charge is 0.479 e. The Morgan fingerprint density at radius 2 is 2.25 bits per heavy atom. The fourth-order valence-electron chi connectivity index (χ4n) is 2.08. The second kappa shape index (κ2) is 5.87. The van der Waals surface area contributed by atoms with Gasteiger partial charge >= 0.3 is 5.97 Å². The first kappa shape index (κ1) is 14.3. The summed E-state index contributed by atoms with van der Waals surface area (Å²) in [5.74, 6) is -1.51. The van der Waals surface area contributed by atoms with Gasteiger partial charge in [-0.3, -0.25) is 9.59 Å². The Kier molecular flexibility index (Phi) is 4.19. The smallest absolute Gasteiger partial charge is 0.331 e. The Labute approximate surface area is 115 Å². The van der Waals surface area contributed by atoms with Crippen molar-refractivity contribution >= 4 is 11.9 Å². The third-order valence-corrected chi connectivity index (χ3v) is 3.29. The maximum atomic E-state index is 11.8. The zero-order valence-corrected chi connectivity index (χ0v) is 10.9. The maximum Gasteiger partial charge on any atom is 0.331 e. The fraction of sp³-hybridized carbons (Fsp3) is 0.462. The number of aromatic nitrogens is 1. The van der Waals surface area contributed by atoms with Crippen molar-refractivity contribution in [1.82, 2.24) is 9.88 Å². The van der Waals surface area contributed by atoms with Crippen molar-refractivity contribution in [2.24, 2.45) is 0 Å². The molecule has 0 aliphatic carbocycles. The van der Waals surface area contributed by atoms with Crippen LogP contribution in [0.3, 0.4) is 0 Å². The Bertz CT molecular complexity index is 560. The van der Waals surface area contributed by atoms with Crippen LogP contribution < -0.4 is 10.9 Å². The number of pyridine rings is 1. The minimum absolute atomic E-state index is 0.0284. The van der Waals surface area contributed by atoms with E-state index >= 15 is 0 Å². The average molecular weight is 280 g/mol. The molecule has 1 atom stereocenters. The lowest BCUT2D eigenvalue weighted by molar-refractivity contribution is -0.147. The molecule has 7 nitrogen and oxygen atoms in total. The molecule has 0 saturated carbocycles. The predicted octanol–water partition coefficient (Wildman–Crippen LogP) is -0.402. The highest BCUT2D eigenvalue weighted by molar-refractivity contribution is 5.87. The lowest BCUT2D eigenvalue weighted by Crippen LogP contribution is -2.55. The van der Waals surface area contributed by atoms with E-state index in [1.165, 1.54) is 10.6 Å². The summed E-state index contributed by atoms with van der Waals surface area (Å²) in [7, 11) is 0. The van der Waals surface area contributed by atoms with Crippen LogP contribution >= 0.6 is 0 Å². The van der Waals surface area contributed by atoms with Gasteiger partial charge in [-0.25, -0.2) is 4.79 Å². The van der Waals surface area contributed by atoms with Crippen LogP contribution in [0, 0.1) is 0 Å². The van der Waals surface area contributed by atoms with Crippen molar-refractivity contribution < 1.29 is 19.4 Å². The number of nitrogens with zero attached hydrogens (tertiary/aromatic N) is 1. The molecule has 0 spiro atoms. The molecule has 0 radical (unpaired) electrons. The SMILES string of the molecule is O=C(CCn1ccccc1=O)NC1(C(=O)O)CCOC1. The van der Waals surface area contributed by atoms with Gasteiger partial charge in [-0.1, -0.05) is 6.07 Å². The number of hydrogen-bond acceptors (Lipinski definition) is 4. The molecule has 1 fully saturated rings. The fourth-order valence-corrected chi connectivity index (χ4v) is 2.08. The van der Waals surface area contributed by atoms with Crippen molar-refractivity contribution in [1.29, 1.82) is 0 Å². The number of hydrogen-bond donors (Lipinski definition) is 2. The molecule has 2 N–H and O–H groups in total. The van der Waals surface area contributed by atoms with E-state index in [4.69, 9.17) is 4.74 Å². The second-order valence-electron chi connectivity index (χ2n) is 4.72. The highest BCUT2D eigenvalue weighted by Gasteiger charge is 2.43. The number of carbonyl (C=O) groups is 2. The standard InChI is InChI=1S/C13H16N2O5/c16-10(4-7-15-6-2-1-3-11(15)17)14-13(12(18)19)5-8-20-9-13/h1-3,6H,4-5,7-9H2,(H,14,16)(H,18,19). The van der Waals surface area contributed by atoms with Crippen LogP contribution in [0.25, 0.3) is 0 Å². The zero-order valence-electron chi connectivity index (χ0n) is 10.9. The van der Waals surface area contributed by atoms with E-state index in [1.54, 1.807) is 18.3 Å². The van der Waals surface area contributed by atoms with Gasteiger partial charge in [0.2, 0.25) is 5.91 Å². The van der Waals surface area contributed by atoms with Crippen molar-refractivity contribution in [2.45, 2.75) is 24.9 Å². The normalized spacial score (nSPS) is 21.6. The van der Waals surface area contributed by atoms with E-state index in [1.807, 2.05) is 0 Å². The summed E-state index contributed by atoms with van der Waals surface area (Å²) in [4.78, 5) is 34.6. The number of rotatable bonds is 5. The summed E-state index contributed by atoms with van der Waals surface area (Å²) >= 11 is 0. The molecule has 0 bridgehead atoms. The molecule has 20 heavy (non-hydrogen) atoms. The van der Waals surface area contributed by atoms with E-state index in [0.717, 1.165) is 0 Å². The number of nitrogens with one attached hydrogen (secondary N) is 1. The third kappa shape index (κ3) is 3.05. The van der Waals surface area contributed by atoms with Gasteiger partial charge in [0.05, 0.1) is 6.61 Å². The molecule has 2 heterocycles. The van der Waals surface area contributed by atoms with Gasteiger partial charge in [0.25, 0.3) is 5.56 Å². The molecule has 1 saturated heterocycles. The average Bonchev–Trinajstić information content (AvgIpc) is 2.88. The minimum atomic E-state index is -1.33. The lowest BCUT2D eigenvalue weighted by atomic mass is 9.99. The van der Waals surface area contributed by atoms with Crippen LogP contribution in [0.2, 0.25) is 0 Å². The van der Waals surface area contributed by atoms with Crippen LogP contribution in [0.4, 0.5) is 0 Å². The first-order valence-corrected chi connectivity index (χ1v) is 6.31. The first-order chi connectivity index (χ1) is 9.53. The van der Waals surface area contributed by atoms with Gasteiger partial charge in [0.1, 0.15) is 0 Å². The van der Waals surface area contributed by atoms with Gasteiger partial charge in [0, 0.05) is 38.3 Å². The van der Waals surface area contributed by atoms with E-state index < -0.39 is 17.4 Å². The number of carbonyl (C=O) groups excluding carboxylic acids is 1. The van der Waals surface area contributed by atoms with E-state index in [-0.39, 0.29) is 31.6 Å². The zero-order chi connectivity index (χ0) is 14.6. The number of ether oxygens (including phenoxy) is 1. The summed E-state index contributed by atoms with van der Waals surface area (Å²) in [6.45, 7) is 0.492. The van der Waals surface area contributed by atoms with E-state index in [9.17, 15) is 19.5 Å². The van der Waals surface area contributed by atoms with Crippen molar-refractivity contribution in [3.05, 3.63) is 34.7 Å². The molecule has 1 aliphatic rings. The Morgan fingerprint density at radius 1 is 1.45 bits per heavy atom. The molecule has 1 amide bonds. The van der Waals surface area contributed by atoms with E-state index in [0.29, 0.717) is 6.61 Å². The summed E-state index contributed by atoms with van der Waals surface area (Å²) < 4.78 is 6.45. The molecule has 1 aliphatic heterocycles. The van der Waals surface area contributed by atoms with Gasteiger partial charge in [0.15, 0.2) is 5.54 Å². The van der Waals surface area contributed by atoms with Crippen LogP contribution in [0.5, 0.6) is 0 Å². The number of carboxylic acids is 1. The minimum Gasteiger partial charge on any atom is -0.479 e. The molecule has 108 valence electrons. The Hall–Kier alpha value is -2.15. The predicted molar refractivity (Wildman–Crippen MR) is 69.3 cm³/mol. The molecular weight excluding hydrogens is 264 g/mol. The van der Waals surface area contributed by atoms with Gasteiger partial charge in [-0.15, -0.1) is 0 Å². The van der Waals surface area contributed by atoms with Gasteiger partial charge in [-0.2, -0.15) is 0 Å². The van der Waals surface area contributed by atoms with Crippen LogP contribution in [-0.2, 0) is 20.9 Å². The van der Waals surface area contributed by atoms with Crippen LogP contribution in [0.1, 0.15) is 12.8 Å². The first-order valence-electron chi connectivity index (χ1n) is 6.31. The van der Waals surface area contributed by atoms with Crippen molar-refractivity contribution in [2.75, 3.05) is 13.2 Å². The second-order valence-corrected chi connectivity index (χ2v) is 4.72. The number of amides is 1. The van der Waals surface area contributed by atoms with E-state index in [2.05, 4.69) is 5.32 Å². The molecule has 1 aromatic rings. The third-order valence-electron chi connectivity index (χ3n) is 3.29. The van der Waals surface area contributed by atoms with Crippen LogP contribution in [-0.4, -0.2) is 40.3 Å². The topological polar surface area (TPSA) is 97.6 Å². The lowest BCUT2D eigenvalue weighted by Gasteiger charge is -2.23. The molecular formula is C13H16N2O5. The summed E-state index contributed by atoms with van der Waals surface area (Å²) in [5.41, 5.74) is -1.53. The number of carboxylic acid groups (broad SMARTS) is 1. The van der Waals surface area contributed by atoms with Crippen LogP contribution in [0.15, 0.2) is 29.2 Å². The van der Waals surface area contributed by atoms with Crippen molar-refractivity contribution in [3.8, 4) is 0 Å². The molecule has 1 aromatic heterocycles. The highest BCUT2D eigenvalue weighted by atomic mass is 16.5. The van der Waals surface area contributed by atoms with Gasteiger partial charge in [-0.05, 0) is 6.07 Å². The molecule has 0 aromatic carbocycles. The number of aryl methyl sites for hydroxylation is 1. The summed E-state index contributed by atoms with van der Waals surface area (Å²) in [5, 5.41) is 11.7. The number of aliphatic carboxylic acids is 1. The quantitative estimate of drug-likeness (QED) is 0.764. The molecule has 2 rings (SSSR count). The Morgan fingerprint density at radius 3 is 2.85 bits per heavy atom. The van der Waals surface area contributed by atoms with Gasteiger partial charge < -0.3 is 19.7 Å². The maximum absolute atomic E-state index is 11.8. The Balaban J connectivity index is 1.94. The molecule has 1 unspecified atom stereocenters. The monoisotopic (exact) mass is 280 g/mol.